The fourth-order valence-corrected chi connectivity index (χ4v) is 2.43. The van der Waals surface area contributed by atoms with Crippen LogP contribution in [-0.4, -0.2) is 48.9 Å². The molecule has 0 aromatic heterocycles. The maximum absolute atomic E-state index is 12.0. The van der Waals surface area contributed by atoms with Gasteiger partial charge in [0.25, 0.3) is 0 Å². The number of nitrogens with zero attached hydrogens (tertiary/aromatic N) is 1. The maximum atomic E-state index is 12.0. The summed E-state index contributed by atoms with van der Waals surface area (Å²) in [6.45, 7) is 1.82. The summed E-state index contributed by atoms with van der Waals surface area (Å²) < 4.78 is 5.05. The highest BCUT2D eigenvalue weighted by molar-refractivity contribution is 5.95. The molecule has 0 bridgehead atoms. The number of ether oxygens (including phenoxy) is 1. The Hall–Kier alpha value is -2.57. The van der Waals surface area contributed by atoms with E-state index in [0.29, 0.717) is 17.9 Å². The molecular formula is C18H25N3O4. The molecule has 1 fully saturated rings. The smallest absolute Gasteiger partial charge is 0.243 e. The molecular weight excluding hydrogens is 322 g/mol. The molecule has 1 aliphatic rings. The molecule has 0 heterocycles. The van der Waals surface area contributed by atoms with Gasteiger partial charge in [-0.25, -0.2) is 0 Å². The highest BCUT2D eigenvalue weighted by atomic mass is 16.5. The van der Waals surface area contributed by atoms with Crippen molar-refractivity contribution in [1.29, 1.82) is 0 Å². The summed E-state index contributed by atoms with van der Waals surface area (Å²) in [4.78, 5) is 37.6. The van der Waals surface area contributed by atoms with Gasteiger partial charge in [-0.05, 0) is 43.5 Å². The molecule has 136 valence electrons. The molecule has 7 heteroatoms. The first-order valence-electron chi connectivity index (χ1n) is 8.53. The topological polar surface area (TPSA) is 87.7 Å². The zero-order valence-electron chi connectivity index (χ0n) is 14.7. The van der Waals surface area contributed by atoms with Crippen molar-refractivity contribution in [3.8, 4) is 5.75 Å². The first-order chi connectivity index (χ1) is 12.0. The second-order valence-electron chi connectivity index (χ2n) is 6.06. The van der Waals surface area contributed by atoms with Crippen LogP contribution in [0.5, 0.6) is 5.75 Å². The lowest BCUT2D eigenvalue weighted by molar-refractivity contribution is -0.136. The molecule has 7 nitrogen and oxygen atoms in total. The highest BCUT2D eigenvalue weighted by Gasteiger charge is 2.33. The largest absolute Gasteiger partial charge is 0.497 e. The van der Waals surface area contributed by atoms with E-state index in [4.69, 9.17) is 4.74 Å². The van der Waals surface area contributed by atoms with Crippen LogP contribution < -0.4 is 15.4 Å². The monoisotopic (exact) mass is 347 g/mol. The number of benzene rings is 1. The highest BCUT2D eigenvalue weighted by Crippen LogP contribution is 2.27. The average Bonchev–Trinajstić information content (AvgIpc) is 3.43. The van der Waals surface area contributed by atoms with Gasteiger partial charge >= 0.3 is 0 Å². The minimum absolute atomic E-state index is 0.00262. The Morgan fingerprint density at radius 2 is 1.84 bits per heavy atom. The van der Waals surface area contributed by atoms with Crippen molar-refractivity contribution in [3.05, 3.63) is 24.3 Å². The predicted molar refractivity (Wildman–Crippen MR) is 94.3 cm³/mol. The average molecular weight is 347 g/mol. The van der Waals surface area contributed by atoms with Crippen molar-refractivity contribution in [3.63, 3.8) is 0 Å². The number of rotatable bonds is 9. The van der Waals surface area contributed by atoms with E-state index >= 15 is 0 Å². The summed E-state index contributed by atoms with van der Waals surface area (Å²) in [5.41, 5.74) is 0.623. The summed E-state index contributed by atoms with van der Waals surface area (Å²) in [6.07, 6.45) is 3.09. The summed E-state index contributed by atoms with van der Waals surface area (Å²) in [5.74, 6) is 0.0589. The Kier molecular flexibility index (Phi) is 6.80. The maximum Gasteiger partial charge on any atom is 0.243 e. The second-order valence-corrected chi connectivity index (χ2v) is 6.06. The van der Waals surface area contributed by atoms with Gasteiger partial charge in [0.2, 0.25) is 17.7 Å². The van der Waals surface area contributed by atoms with Gasteiger partial charge in [-0.2, -0.15) is 0 Å². The molecule has 0 aliphatic heterocycles. The van der Waals surface area contributed by atoms with Crippen molar-refractivity contribution >= 4 is 23.4 Å². The van der Waals surface area contributed by atoms with E-state index in [-0.39, 0.29) is 36.9 Å². The van der Waals surface area contributed by atoms with Crippen LogP contribution in [0.1, 0.15) is 32.6 Å². The SMILES string of the molecule is CCCC(=O)N(CC(=O)NCC(=O)Nc1ccc(OC)cc1)C1CC1. The first-order valence-corrected chi connectivity index (χ1v) is 8.53. The number of carbonyl (C=O) groups is 3. The summed E-state index contributed by atoms with van der Waals surface area (Å²) in [5, 5.41) is 5.26. The van der Waals surface area contributed by atoms with E-state index < -0.39 is 0 Å². The van der Waals surface area contributed by atoms with Crippen LogP contribution in [0.25, 0.3) is 0 Å². The molecule has 1 saturated carbocycles. The Labute approximate surface area is 147 Å². The molecule has 0 radical (unpaired) electrons. The van der Waals surface area contributed by atoms with Gasteiger partial charge in [0.1, 0.15) is 5.75 Å². The zero-order valence-corrected chi connectivity index (χ0v) is 14.7. The molecule has 25 heavy (non-hydrogen) atoms. The van der Waals surface area contributed by atoms with Crippen molar-refractivity contribution < 1.29 is 19.1 Å². The Morgan fingerprint density at radius 3 is 2.40 bits per heavy atom. The predicted octanol–water partition coefficient (Wildman–Crippen LogP) is 1.54. The van der Waals surface area contributed by atoms with E-state index in [1.165, 1.54) is 0 Å². The number of hydrogen-bond donors (Lipinski definition) is 2. The van der Waals surface area contributed by atoms with E-state index in [9.17, 15) is 14.4 Å². The second kappa shape index (κ2) is 9.05. The Morgan fingerprint density at radius 1 is 1.16 bits per heavy atom. The van der Waals surface area contributed by atoms with Gasteiger partial charge in [0.05, 0.1) is 20.2 Å². The third-order valence-electron chi connectivity index (χ3n) is 3.91. The number of hydrogen-bond acceptors (Lipinski definition) is 4. The molecule has 2 rings (SSSR count). The van der Waals surface area contributed by atoms with Gasteiger partial charge in [0.15, 0.2) is 0 Å². The van der Waals surface area contributed by atoms with Crippen LogP contribution in [-0.2, 0) is 14.4 Å². The lowest BCUT2D eigenvalue weighted by Gasteiger charge is -2.21. The normalized spacial score (nSPS) is 13.0. The third-order valence-corrected chi connectivity index (χ3v) is 3.91. The van der Waals surface area contributed by atoms with Crippen molar-refractivity contribution in [2.75, 3.05) is 25.5 Å². The number of carbonyl (C=O) groups excluding carboxylic acids is 3. The lowest BCUT2D eigenvalue weighted by Crippen LogP contribution is -2.43. The van der Waals surface area contributed by atoms with Gasteiger partial charge < -0.3 is 20.3 Å². The minimum atomic E-state index is -0.323. The Bertz CT molecular complexity index is 611. The summed E-state index contributed by atoms with van der Waals surface area (Å²) in [7, 11) is 1.57. The minimum Gasteiger partial charge on any atom is -0.497 e. The molecule has 1 aromatic carbocycles. The van der Waals surface area contributed by atoms with E-state index in [1.54, 1.807) is 36.3 Å². The molecule has 2 N–H and O–H groups in total. The zero-order chi connectivity index (χ0) is 18.2. The van der Waals surface area contributed by atoms with Crippen LogP contribution in [0.4, 0.5) is 5.69 Å². The van der Waals surface area contributed by atoms with Crippen LogP contribution >= 0.6 is 0 Å². The summed E-state index contributed by atoms with van der Waals surface area (Å²) >= 11 is 0. The van der Waals surface area contributed by atoms with Crippen LogP contribution in [0.3, 0.4) is 0 Å². The number of amides is 3. The molecule has 0 atom stereocenters. The number of methoxy groups -OCH3 is 1. The molecule has 1 aromatic rings. The van der Waals surface area contributed by atoms with Crippen LogP contribution in [0.2, 0.25) is 0 Å². The van der Waals surface area contributed by atoms with Crippen molar-refractivity contribution in [2.45, 2.75) is 38.6 Å². The van der Waals surface area contributed by atoms with Crippen LogP contribution in [0.15, 0.2) is 24.3 Å². The Balaban J connectivity index is 1.76. The molecule has 0 saturated heterocycles. The standard InChI is InChI=1S/C18H25N3O4/c1-3-4-18(24)21(14-7-8-14)12-17(23)19-11-16(22)20-13-5-9-15(25-2)10-6-13/h5-6,9-10,14H,3-4,7-8,11-12H2,1-2H3,(H,19,23)(H,20,22). The quantitative estimate of drug-likeness (QED) is 0.709. The third kappa shape index (κ3) is 6.10. The summed E-state index contributed by atoms with van der Waals surface area (Å²) in [6, 6.07) is 7.09. The number of anilines is 1. The lowest BCUT2D eigenvalue weighted by atomic mass is 10.3. The van der Waals surface area contributed by atoms with E-state index in [2.05, 4.69) is 10.6 Å². The van der Waals surface area contributed by atoms with Gasteiger partial charge in [0, 0.05) is 18.2 Å². The van der Waals surface area contributed by atoms with E-state index in [0.717, 1.165) is 19.3 Å². The van der Waals surface area contributed by atoms with Gasteiger partial charge in [-0.3, -0.25) is 14.4 Å². The number of nitrogens with one attached hydrogen (secondary N) is 2. The molecule has 3 amide bonds. The van der Waals surface area contributed by atoms with Gasteiger partial charge in [-0.15, -0.1) is 0 Å². The fraction of sp³-hybridized carbons (Fsp3) is 0.500. The van der Waals surface area contributed by atoms with Crippen molar-refractivity contribution in [1.82, 2.24) is 10.2 Å². The molecule has 1 aliphatic carbocycles. The van der Waals surface area contributed by atoms with E-state index in [1.807, 2.05) is 6.92 Å². The van der Waals surface area contributed by atoms with Crippen LogP contribution in [0, 0.1) is 0 Å². The van der Waals surface area contributed by atoms with Gasteiger partial charge in [-0.1, -0.05) is 6.92 Å². The van der Waals surface area contributed by atoms with Crippen molar-refractivity contribution in [2.24, 2.45) is 0 Å². The molecule has 0 unspecified atom stereocenters. The molecule has 0 spiro atoms. The first kappa shape index (κ1) is 18.8. The fourth-order valence-electron chi connectivity index (χ4n) is 2.43.